The van der Waals surface area contributed by atoms with E-state index >= 15 is 0 Å². The number of carbonyl (C=O) groups is 2. The molecule has 3 unspecified atom stereocenters. The van der Waals surface area contributed by atoms with E-state index in [9.17, 15) is 14.0 Å². The number of halogens is 1. The van der Waals surface area contributed by atoms with Gasteiger partial charge in [-0.1, -0.05) is 42.5 Å². The second kappa shape index (κ2) is 5.75. The molecule has 1 amide bonds. The molecule has 3 atom stereocenters. The first-order valence-corrected chi connectivity index (χ1v) is 7.18. The van der Waals surface area contributed by atoms with Crippen molar-refractivity contribution in [1.82, 2.24) is 5.32 Å². The fourth-order valence-electron chi connectivity index (χ4n) is 2.74. The number of carboxylic acid groups (broad SMARTS) is 1. The van der Waals surface area contributed by atoms with Crippen molar-refractivity contribution >= 4 is 22.6 Å². The highest BCUT2D eigenvalue weighted by molar-refractivity contribution is 5.88. The van der Waals surface area contributed by atoms with Gasteiger partial charge in [0, 0.05) is 5.92 Å². The van der Waals surface area contributed by atoms with Crippen LogP contribution in [0.5, 0.6) is 0 Å². The maximum Gasteiger partial charge on any atom is 0.328 e. The predicted octanol–water partition coefficient (Wildman–Crippen LogP) is 2.48. The van der Waals surface area contributed by atoms with E-state index in [0.717, 1.165) is 16.3 Å². The number of amides is 1. The Labute approximate surface area is 126 Å². The molecule has 0 aromatic heterocycles. The number of nitrogens with one attached hydrogen (secondary N) is 1. The normalized spacial score (nSPS) is 21.3. The molecule has 2 aromatic carbocycles. The van der Waals surface area contributed by atoms with Gasteiger partial charge in [0.1, 0.15) is 6.67 Å². The quantitative estimate of drug-likeness (QED) is 0.891. The number of alkyl halides is 1. The van der Waals surface area contributed by atoms with Crippen LogP contribution in [0, 0.1) is 5.92 Å². The van der Waals surface area contributed by atoms with E-state index in [4.69, 9.17) is 5.11 Å². The van der Waals surface area contributed by atoms with Crippen molar-refractivity contribution in [2.75, 3.05) is 6.67 Å². The lowest BCUT2D eigenvalue weighted by atomic mass is 10.0. The Morgan fingerprint density at radius 1 is 1.23 bits per heavy atom. The molecular weight excluding hydrogens is 285 g/mol. The second-order valence-electron chi connectivity index (χ2n) is 5.61. The van der Waals surface area contributed by atoms with E-state index in [1.54, 1.807) is 0 Å². The summed E-state index contributed by atoms with van der Waals surface area (Å²) in [5.74, 6) is -1.92. The molecule has 2 aromatic rings. The maximum absolute atomic E-state index is 12.6. The molecule has 0 bridgehead atoms. The van der Waals surface area contributed by atoms with Gasteiger partial charge >= 0.3 is 5.97 Å². The number of hydrogen-bond donors (Lipinski definition) is 2. The van der Waals surface area contributed by atoms with E-state index in [1.165, 1.54) is 0 Å². The van der Waals surface area contributed by atoms with Crippen LogP contribution in [-0.2, 0) is 9.59 Å². The van der Waals surface area contributed by atoms with Gasteiger partial charge in [0.15, 0.2) is 6.04 Å². The predicted molar refractivity (Wildman–Crippen MR) is 80.3 cm³/mol. The molecule has 0 heterocycles. The third kappa shape index (κ3) is 2.79. The number of carboxylic acids is 1. The highest BCUT2D eigenvalue weighted by atomic mass is 19.1. The van der Waals surface area contributed by atoms with E-state index in [-0.39, 0.29) is 17.7 Å². The fraction of sp³-hybridized carbons (Fsp3) is 0.294. The van der Waals surface area contributed by atoms with Crippen molar-refractivity contribution in [3.8, 4) is 0 Å². The molecular formula is C17H16FNO3. The molecule has 4 nitrogen and oxygen atoms in total. The molecule has 0 saturated heterocycles. The van der Waals surface area contributed by atoms with Crippen LogP contribution in [0.2, 0.25) is 0 Å². The molecule has 0 aliphatic heterocycles. The smallest absolute Gasteiger partial charge is 0.328 e. The summed E-state index contributed by atoms with van der Waals surface area (Å²) in [6.07, 6.45) is 0.669. The highest BCUT2D eigenvalue weighted by Crippen LogP contribution is 2.48. The van der Waals surface area contributed by atoms with Gasteiger partial charge in [-0.2, -0.15) is 0 Å². The van der Waals surface area contributed by atoms with Gasteiger partial charge in [-0.05, 0) is 28.7 Å². The van der Waals surface area contributed by atoms with E-state index < -0.39 is 18.7 Å². The van der Waals surface area contributed by atoms with E-state index in [1.807, 2.05) is 36.4 Å². The zero-order chi connectivity index (χ0) is 15.7. The van der Waals surface area contributed by atoms with Crippen LogP contribution in [0.3, 0.4) is 0 Å². The summed E-state index contributed by atoms with van der Waals surface area (Å²) in [5, 5.41) is 13.3. The molecule has 0 spiro atoms. The summed E-state index contributed by atoms with van der Waals surface area (Å²) < 4.78 is 12.6. The standard InChI is InChI=1S/C17H16FNO3/c18-9-15(17(21)22)19-16(20)14-8-13(14)12-6-5-10-3-1-2-4-11(10)7-12/h1-7,13-15H,8-9H2,(H,19,20)(H,21,22). The monoisotopic (exact) mass is 301 g/mol. The largest absolute Gasteiger partial charge is 0.480 e. The van der Waals surface area contributed by atoms with Crippen LogP contribution in [0.4, 0.5) is 4.39 Å². The van der Waals surface area contributed by atoms with Gasteiger partial charge in [0.25, 0.3) is 0 Å². The van der Waals surface area contributed by atoms with Crippen molar-refractivity contribution in [3.63, 3.8) is 0 Å². The van der Waals surface area contributed by atoms with Crippen LogP contribution < -0.4 is 5.32 Å². The third-order valence-corrected chi connectivity index (χ3v) is 4.10. The van der Waals surface area contributed by atoms with Gasteiger partial charge in [-0.25, -0.2) is 9.18 Å². The summed E-state index contributed by atoms with van der Waals surface area (Å²) in [6, 6.07) is 12.6. The number of carbonyl (C=O) groups excluding carboxylic acids is 1. The number of fused-ring (bicyclic) bond motifs is 1. The third-order valence-electron chi connectivity index (χ3n) is 4.10. The summed E-state index contributed by atoms with van der Waals surface area (Å²) in [6.45, 7) is -1.10. The van der Waals surface area contributed by atoms with Crippen molar-refractivity contribution in [2.45, 2.75) is 18.4 Å². The Balaban J connectivity index is 1.70. The van der Waals surface area contributed by atoms with Gasteiger partial charge < -0.3 is 10.4 Å². The van der Waals surface area contributed by atoms with Crippen molar-refractivity contribution < 1.29 is 19.1 Å². The van der Waals surface area contributed by atoms with Crippen molar-refractivity contribution in [1.29, 1.82) is 0 Å². The maximum atomic E-state index is 12.6. The highest BCUT2D eigenvalue weighted by Gasteiger charge is 2.44. The first kappa shape index (κ1) is 14.5. The molecule has 2 N–H and O–H groups in total. The molecule has 5 heteroatoms. The minimum absolute atomic E-state index is 0.0821. The number of hydrogen-bond acceptors (Lipinski definition) is 2. The second-order valence-corrected chi connectivity index (χ2v) is 5.61. The van der Waals surface area contributed by atoms with Gasteiger partial charge in [-0.15, -0.1) is 0 Å². The Bertz CT molecular complexity index is 731. The zero-order valence-electron chi connectivity index (χ0n) is 11.8. The Hall–Kier alpha value is -2.43. The van der Waals surface area contributed by atoms with Crippen LogP contribution in [0.1, 0.15) is 17.9 Å². The van der Waals surface area contributed by atoms with Crippen LogP contribution >= 0.6 is 0 Å². The number of benzene rings is 2. The van der Waals surface area contributed by atoms with Gasteiger partial charge in [0.2, 0.25) is 5.91 Å². The first-order valence-electron chi connectivity index (χ1n) is 7.18. The molecule has 3 rings (SSSR count). The summed E-state index contributed by atoms with van der Waals surface area (Å²) in [5.41, 5.74) is 1.06. The van der Waals surface area contributed by atoms with Crippen LogP contribution in [0.25, 0.3) is 10.8 Å². The van der Waals surface area contributed by atoms with Gasteiger partial charge in [-0.3, -0.25) is 4.79 Å². The lowest BCUT2D eigenvalue weighted by Crippen LogP contribution is -2.43. The lowest BCUT2D eigenvalue weighted by molar-refractivity contribution is -0.142. The molecule has 1 saturated carbocycles. The fourth-order valence-corrected chi connectivity index (χ4v) is 2.74. The Morgan fingerprint density at radius 3 is 2.64 bits per heavy atom. The summed E-state index contributed by atoms with van der Waals surface area (Å²) in [4.78, 5) is 22.7. The molecule has 0 radical (unpaired) electrons. The SMILES string of the molecule is O=C(O)C(CF)NC(=O)C1CC1c1ccc2ccccc2c1. The molecule has 1 aliphatic carbocycles. The van der Waals surface area contributed by atoms with E-state index in [0.29, 0.717) is 6.42 Å². The molecule has 1 fully saturated rings. The first-order chi connectivity index (χ1) is 10.6. The topological polar surface area (TPSA) is 66.4 Å². The van der Waals surface area contributed by atoms with Crippen molar-refractivity contribution in [3.05, 3.63) is 48.0 Å². The summed E-state index contributed by atoms with van der Waals surface area (Å²) in [7, 11) is 0. The molecule has 114 valence electrons. The number of rotatable bonds is 5. The Kier molecular flexibility index (Phi) is 3.79. The average Bonchev–Trinajstić information content (AvgIpc) is 3.32. The zero-order valence-corrected chi connectivity index (χ0v) is 11.8. The Morgan fingerprint density at radius 2 is 1.95 bits per heavy atom. The van der Waals surface area contributed by atoms with Crippen LogP contribution in [-0.4, -0.2) is 29.7 Å². The summed E-state index contributed by atoms with van der Waals surface area (Å²) >= 11 is 0. The minimum atomic E-state index is -1.45. The average molecular weight is 301 g/mol. The lowest BCUT2D eigenvalue weighted by Gasteiger charge is -2.10. The van der Waals surface area contributed by atoms with Gasteiger partial charge in [0.05, 0.1) is 0 Å². The molecule has 1 aliphatic rings. The van der Waals surface area contributed by atoms with Crippen LogP contribution in [0.15, 0.2) is 42.5 Å². The minimum Gasteiger partial charge on any atom is -0.480 e. The van der Waals surface area contributed by atoms with Crippen molar-refractivity contribution in [2.24, 2.45) is 5.92 Å². The molecule has 22 heavy (non-hydrogen) atoms. The number of aliphatic carboxylic acids is 1. The van der Waals surface area contributed by atoms with E-state index in [2.05, 4.69) is 11.4 Å².